The van der Waals surface area contributed by atoms with Crippen LogP contribution in [0.5, 0.6) is 0 Å². The number of carbonyl (C=O) groups is 2. The Bertz CT molecular complexity index is 317. The van der Waals surface area contributed by atoms with Gasteiger partial charge in [0, 0.05) is 19.5 Å². The monoisotopic (exact) mass is 299 g/mol. The topological polar surface area (TPSA) is 81.7 Å². The summed E-state index contributed by atoms with van der Waals surface area (Å²) in [7, 11) is 0. The van der Waals surface area contributed by atoms with E-state index >= 15 is 0 Å². The maximum atomic E-state index is 11.9. The zero-order valence-electron chi connectivity index (χ0n) is 13.1. The Kier molecular flexibility index (Phi) is 9.01. The number of aliphatic carboxylic acids is 1. The zero-order valence-corrected chi connectivity index (χ0v) is 13.1. The average Bonchev–Trinajstić information content (AvgIpc) is 2.45. The molecule has 6 heteroatoms. The van der Waals surface area contributed by atoms with Gasteiger partial charge in [0.15, 0.2) is 0 Å². The Balaban J connectivity index is 2.24. The van der Waals surface area contributed by atoms with Crippen molar-refractivity contribution in [2.45, 2.75) is 39.0 Å². The van der Waals surface area contributed by atoms with Crippen LogP contribution in [-0.2, 0) is 9.59 Å². The van der Waals surface area contributed by atoms with Crippen LogP contribution in [0.4, 0.5) is 0 Å². The number of hydrogen-bond donors (Lipinski definition) is 3. The molecule has 0 aliphatic carbocycles. The molecule has 0 aromatic rings. The summed E-state index contributed by atoms with van der Waals surface area (Å²) in [6.45, 7) is 7.06. The molecular formula is C15H29N3O3. The van der Waals surface area contributed by atoms with E-state index in [2.05, 4.69) is 22.5 Å². The summed E-state index contributed by atoms with van der Waals surface area (Å²) in [6, 6.07) is 0. The highest BCUT2D eigenvalue weighted by Gasteiger charge is 2.18. The molecule has 1 fully saturated rings. The summed E-state index contributed by atoms with van der Waals surface area (Å²) < 4.78 is 0. The van der Waals surface area contributed by atoms with Crippen molar-refractivity contribution < 1.29 is 14.7 Å². The van der Waals surface area contributed by atoms with Gasteiger partial charge in [0.1, 0.15) is 0 Å². The van der Waals surface area contributed by atoms with E-state index in [1.807, 2.05) is 0 Å². The van der Waals surface area contributed by atoms with Gasteiger partial charge < -0.3 is 15.7 Å². The minimum absolute atomic E-state index is 0.00257. The van der Waals surface area contributed by atoms with Crippen molar-refractivity contribution in [3.8, 4) is 0 Å². The van der Waals surface area contributed by atoms with Crippen LogP contribution < -0.4 is 10.6 Å². The number of rotatable bonds is 10. The van der Waals surface area contributed by atoms with Crippen molar-refractivity contribution in [2.75, 3.05) is 39.3 Å². The van der Waals surface area contributed by atoms with E-state index in [0.717, 1.165) is 32.6 Å². The maximum absolute atomic E-state index is 11.9. The molecule has 0 saturated carbocycles. The molecule has 0 unspecified atom stereocenters. The normalized spacial score (nSPS) is 16.1. The lowest BCUT2D eigenvalue weighted by atomic mass is 9.97. The van der Waals surface area contributed by atoms with E-state index in [0.29, 0.717) is 25.4 Å². The first-order valence-corrected chi connectivity index (χ1v) is 8.03. The highest BCUT2D eigenvalue weighted by Crippen LogP contribution is 2.13. The van der Waals surface area contributed by atoms with Crippen LogP contribution in [0.25, 0.3) is 0 Å². The van der Waals surface area contributed by atoms with Gasteiger partial charge in [-0.05, 0) is 51.2 Å². The number of piperidine rings is 1. The number of carboxylic acid groups (broad SMARTS) is 1. The van der Waals surface area contributed by atoms with E-state index in [9.17, 15) is 9.59 Å². The highest BCUT2D eigenvalue weighted by atomic mass is 16.4. The van der Waals surface area contributed by atoms with Gasteiger partial charge in [0.2, 0.25) is 5.91 Å². The SMILES string of the molecule is CCCN(CC(=O)NCCCC(=O)O)CC1CCNCC1. The largest absolute Gasteiger partial charge is 0.481 e. The molecule has 6 nitrogen and oxygen atoms in total. The molecule has 0 bridgehead atoms. The Morgan fingerprint density at radius 3 is 2.67 bits per heavy atom. The first kappa shape index (κ1) is 17.9. The first-order chi connectivity index (χ1) is 10.1. The third kappa shape index (κ3) is 8.67. The molecule has 1 rings (SSSR count). The third-order valence-corrected chi connectivity index (χ3v) is 3.77. The van der Waals surface area contributed by atoms with Crippen molar-refractivity contribution >= 4 is 11.9 Å². The Morgan fingerprint density at radius 2 is 2.05 bits per heavy atom. The van der Waals surface area contributed by atoms with E-state index in [1.54, 1.807) is 0 Å². The molecule has 122 valence electrons. The summed E-state index contributed by atoms with van der Waals surface area (Å²) in [5, 5.41) is 14.7. The molecule has 21 heavy (non-hydrogen) atoms. The quantitative estimate of drug-likeness (QED) is 0.517. The fourth-order valence-corrected chi connectivity index (χ4v) is 2.71. The van der Waals surface area contributed by atoms with Gasteiger partial charge in [-0.2, -0.15) is 0 Å². The molecule has 1 saturated heterocycles. The van der Waals surface area contributed by atoms with E-state index in [1.165, 1.54) is 12.8 Å². The predicted octanol–water partition coefficient (Wildman–Crippen LogP) is 0.679. The van der Waals surface area contributed by atoms with E-state index in [-0.39, 0.29) is 12.3 Å². The smallest absolute Gasteiger partial charge is 0.303 e. The fourth-order valence-electron chi connectivity index (χ4n) is 2.71. The van der Waals surface area contributed by atoms with Crippen LogP contribution in [0.2, 0.25) is 0 Å². The van der Waals surface area contributed by atoms with Crippen molar-refractivity contribution in [3.63, 3.8) is 0 Å². The molecule has 0 aromatic heterocycles. The molecule has 0 atom stereocenters. The van der Waals surface area contributed by atoms with Crippen LogP contribution >= 0.6 is 0 Å². The molecule has 3 N–H and O–H groups in total. The second-order valence-electron chi connectivity index (χ2n) is 5.78. The number of carboxylic acids is 1. The van der Waals surface area contributed by atoms with Crippen LogP contribution in [0.3, 0.4) is 0 Å². The van der Waals surface area contributed by atoms with Gasteiger partial charge in [-0.3, -0.25) is 14.5 Å². The van der Waals surface area contributed by atoms with Gasteiger partial charge in [-0.15, -0.1) is 0 Å². The number of amides is 1. The van der Waals surface area contributed by atoms with Crippen LogP contribution in [0.1, 0.15) is 39.0 Å². The zero-order chi connectivity index (χ0) is 15.5. The van der Waals surface area contributed by atoms with Crippen LogP contribution in [-0.4, -0.2) is 61.2 Å². The van der Waals surface area contributed by atoms with E-state index in [4.69, 9.17) is 5.11 Å². The summed E-state index contributed by atoms with van der Waals surface area (Å²) in [5.41, 5.74) is 0. The number of nitrogens with zero attached hydrogens (tertiary/aromatic N) is 1. The lowest BCUT2D eigenvalue weighted by Gasteiger charge is -2.29. The van der Waals surface area contributed by atoms with Crippen LogP contribution in [0, 0.1) is 5.92 Å². The highest BCUT2D eigenvalue weighted by molar-refractivity contribution is 5.78. The predicted molar refractivity (Wildman–Crippen MR) is 82.2 cm³/mol. The van der Waals surface area contributed by atoms with Crippen molar-refractivity contribution in [3.05, 3.63) is 0 Å². The average molecular weight is 299 g/mol. The minimum Gasteiger partial charge on any atom is -0.481 e. The Labute approximate surface area is 127 Å². The lowest BCUT2D eigenvalue weighted by molar-refractivity contribution is -0.137. The second-order valence-corrected chi connectivity index (χ2v) is 5.78. The van der Waals surface area contributed by atoms with Gasteiger partial charge in [0.25, 0.3) is 0 Å². The molecule has 0 radical (unpaired) electrons. The maximum Gasteiger partial charge on any atom is 0.303 e. The number of nitrogens with one attached hydrogen (secondary N) is 2. The molecule has 1 heterocycles. The van der Waals surface area contributed by atoms with Crippen molar-refractivity contribution in [1.29, 1.82) is 0 Å². The molecule has 1 amide bonds. The molecule has 1 aliphatic rings. The molecular weight excluding hydrogens is 270 g/mol. The van der Waals surface area contributed by atoms with Gasteiger partial charge >= 0.3 is 5.97 Å². The van der Waals surface area contributed by atoms with Crippen LogP contribution in [0.15, 0.2) is 0 Å². The summed E-state index contributed by atoms with van der Waals surface area (Å²) in [4.78, 5) is 24.5. The van der Waals surface area contributed by atoms with Gasteiger partial charge in [-0.25, -0.2) is 0 Å². The first-order valence-electron chi connectivity index (χ1n) is 8.03. The third-order valence-electron chi connectivity index (χ3n) is 3.77. The van der Waals surface area contributed by atoms with Gasteiger partial charge in [-0.1, -0.05) is 6.92 Å². The standard InChI is InChI=1S/C15H29N3O3/c1-2-10-18(11-13-5-8-16-9-6-13)12-14(19)17-7-3-4-15(20)21/h13,16H,2-12H2,1H3,(H,17,19)(H,20,21). The lowest BCUT2D eigenvalue weighted by Crippen LogP contribution is -2.42. The van der Waals surface area contributed by atoms with Crippen molar-refractivity contribution in [2.24, 2.45) is 5.92 Å². The molecule has 0 spiro atoms. The summed E-state index contributed by atoms with van der Waals surface area (Å²) in [5.74, 6) is -0.136. The van der Waals surface area contributed by atoms with Gasteiger partial charge in [0.05, 0.1) is 6.54 Å². The summed E-state index contributed by atoms with van der Waals surface area (Å²) >= 11 is 0. The summed E-state index contributed by atoms with van der Waals surface area (Å²) in [6.07, 6.45) is 4.00. The minimum atomic E-state index is -0.817. The Hall–Kier alpha value is -1.14. The number of carbonyl (C=O) groups excluding carboxylic acids is 1. The fraction of sp³-hybridized carbons (Fsp3) is 0.867. The van der Waals surface area contributed by atoms with E-state index < -0.39 is 5.97 Å². The Morgan fingerprint density at radius 1 is 1.33 bits per heavy atom. The molecule has 1 aliphatic heterocycles. The van der Waals surface area contributed by atoms with Crippen molar-refractivity contribution in [1.82, 2.24) is 15.5 Å². The second kappa shape index (κ2) is 10.6. The number of hydrogen-bond acceptors (Lipinski definition) is 4. The molecule has 0 aromatic carbocycles.